The Kier molecular flexibility index (Phi) is 4.82. The molecule has 0 unspecified atom stereocenters. The zero-order valence-electron chi connectivity index (χ0n) is 10.9. The third-order valence-corrected chi connectivity index (χ3v) is 3.05. The highest BCUT2D eigenvalue weighted by molar-refractivity contribution is 7.03. The first kappa shape index (κ1) is 14.2. The Labute approximate surface area is 120 Å². The maximum atomic E-state index is 11.9. The summed E-state index contributed by atoms with van der Waals surface area (Å²) in [5.74, 6) is 5.55. The second-order valence-electron chi connectivity index (χ2n) is 4.05. The number of hydrogen-bond donors (Lipinski definition) is 2. The van der Waals surface area contributed by atoms with E-state index >= 15 is 0 Å². The minimum atomic E-state index is -0.295. The van der Waals surface area contributed by atoms with E-state index in [1.807, 2.05) is 19.1 Å². The molecule has 2 rings (SSSR count). The van der Waals surface area contributed by atoms with Crippen LogP contribution in [0.5, 0.6) is 0 Å². The lowest BCUT2D eigenvalue weighted by atomic mass is 10.1. The van der Waals surface area contributed by atoms with Gasteiger partial charge in [-0.2, -0.15) is 0 Å². The first-order valence-electron chi connectivity index (χ1n) is 5.99. The quantitative estimate of drug-likeness (QED) is 0.845. The van der Waals surface area contributed by atoms with Crippen LogP contribution in [0.1, 0.15) is 28.0 Å². The van der Waals surface area contributed by atoms with E-state index < -0.39 is 0 Å². The molecule has 0 radical (unpaired) electrons. The zero-order chi connectivity index (χ0) is 14.4. The average molecular weight is 287 g/mol. The first-order chi connectivity index (χ1) is 9.70. The molecule has 1 heterocycles. The standard InChI is InChI=1S/C14H13N3O2S/c1-10-5-6-12(8-11(10)4-2-3-7-18)15-14(19)13-9-20-17-16-13/h5-6,8-9,18H,3,7H2,1H3,(H,15,19). The summed E-state index contributed by atoms with van der Waals surface area (Å²) >= 11 is 1.13. The van der Waals surface area contributed by atoms with E-state index in [1.165, 1.54) is 0 Å². The molecule has 20 heavy (non-hydrogen) atoms. The van der Waals surface area contributed by atoms with Crippen LogP contribution in [0.4, 0.5) is 5.69 Å². The van der Waals surface area contributed by atoms with Crippen molar-refractivity contribution in [2.75, 3.05) is 11.9 Å². The minimum Gasteiger partial charge on any atom is -0.395 e. The SMILES string of the molecule is Cc1ccc(NC(=O)c2csnn2)cc1C#CCCO. The molecule has 5 nitrogen and oxygen atoms in total. The molecule has 2 aromatic rings. The molecular formula is C14H13N3O2S. The first-order valence-corrected chi connectivity index (χ1v) is 6.83. The number of aromatic nitrogens is 2. The monoisotopic (exact) mass is 287 g/mol. The highest BCUT2D eigenvalue weighted by Gasteiger charge is 2.09. The maximum Gasteiger partial charge on any atom is 0.277 e. The average Bonchev–Trinajstić information content (AvgIpc) is 2.96. The van der Waals surface area contributed by atoms with Gasteiger partial charge in [-0.05, 0) is 36.2 Å². The fourth-order valence-electron chi connectivity index (χ4n) is 1.51. The molecule has 0 bridgehead atoms. The van der Waals surface area contributed by atoms with Crippen molar-refractivity contribution in [3.05, 3.63) is 40.4 Å². The summed E-state index contributed by atoms with van der Waals surface area (Å²) in [7, 11) is 0. The third kappa shape index (κ3) is 3.63. The molecular weight excluding hydrogens is 274 g/mol. The summed E-state index contributed by atoms with van der Waals surface area (Å²) in [6.07, 6.45) is 0.431. The van der Waals surface area contributed by atoms with E-state index in [0.717, 1.165) is 22.7 Å². The number of nitrogens with one attached hydrogen (secondary N) is 1. The number of amides is 1. The van der Waals surface area contributed by atoms with Crippen LogP contribution >= 0.6 is 11.5 Å². The van der Waals surface area contributed by atoms with E-state index in [0.29, 0.717) is 17.8 Å². The Morgan fingerprint density at radius 1 is 1.50 bits per heavy atom. The van der Waals surface area contributed by atoms with Gasteiger partial charge in [0.25, 0.3) is 5.91 Å². The van der Waals surface area contributed by atoms with Crippen LogP contribution in [0.3, 0.4) is 0 Å². The van der Waals surface area contributed by atoms with E-state index in [2.05, 4.69) is 26.7 Å². The summed E-state index contributed by atoms with van der Waals surface area (Å²) in [6.45, 7) is 1.98. The fraction of sp³-hybridized carbons (Fsp3) is 0.214. The van der Waals surface area contributed by atoms with Crippen molar-refractivity contribution in [3.8, 4) is 11.8 Å². The molecule has 0 aliphatic carbocycles. The van der Waals surface area contributed by atoms with Gasteiger partial charge in [0.2, 0.25) is 0 Å². The summed E-state index contributed by atoms with van der Waals surface area (Å²) in [4.78, 5) is 11.9. The summed E-state index contributed by atoms with van der Waals surface area (Å²) in [5, 5.41) is 16.8. The molecule has 1 amide bonds. The number of carbonyl (C=O) groups excluding carboxylic acids is 1. The molecule has 0 saturated heterocycles. The second-order valence-corrected chi connectivity index (χ2v) is 4.66. The number of hydrogen-bond acceptors (Lipinski definition) is 5. The number of aryl methyl sites for hydroxylation is 1. The van der Waals surface area contributed by atoms with E-state index in [9.17, 15) is 4.79 Å². The zero-order valence-corrected chi connectivity index (χ0v) is 11.7. The fourth-order valence-corrected chi connectivity index (χ4v) is 1.94. The Morgan fingerprint density at radius 2 is 2.35 bits per heavy atom. The second kappa shape index (κ2) is 6.80. The molecule has 0 fully saturated rings. The number of carbonyl (C=O) groups is 1. The van der Waals surface area contributed by atoms with Crippen LogP contribution < -0.4 is 5.32 Å². The predicted octanol–water partition coefficient (Wildman–Crippen LogP) is 1.83. The van der Waals surface area contributed by atoms with Crippen molar-refractivity contribution in [3.63, 3.8) is 0 Å². The van der Waals surface area contributed by atoms with Gasteiger partial charge in [0.05, 0.1) is 6.61 Å². The van der Waals surface area contributed by atoms with Crippen molar-refractivity contribution in [2.45, 2.75) is 13.3 Å². The number of aliphatic hydroxyl groups is 1. The van der Waals surface area contributed by atoms with Gasteiger partial charge in [0, 0.05) is 23.1 Å². The number of anilines is 1. The summed E-state index contributed by atoms with van der Waals surface area (Å²) < 4.78 is 3.65. The Morgan fingerprint density at radius 3 is 3.05 bits per heavy atom. The molecule has 0 atom stereocenters. The highest BCUT2D eigenvalue weighted by Crippen LogP contribution is 2.15. The summed E-state index contributed by atoms with van der Waals surface area (Å²) in [6, 6.07) is 5.50. The van der Waals surface area contributed by atoms with Gasteiger partial charge in [-0.15, -0.1) is 5.10 Å². The van der Waals surface area contributed by atoms with E-state index in [-0.39, 0.29) is 12.5 Å². The molecule has 102 valence electrons. The lowest BCUT2D eigenvalue weighted by Crippen LogP contribution is -2.12. The van der Waals surface area contributed by atoms with Crippen LogP contribution in [-0.4, -0.2) is 27.2 Å². The molecule has 1 aromatic heterocycles. The van der Waals surface area contributed by atoms with Crippen LogP contribution in [0.15, 0.2) is 23.6 Å². The Balaban J connectivity index is 2.15. The molecule has 1 aromatic carbocycles. The van der Waals surface area contributed by atoms with Gasteiger partial charge >= 0.3 is 0 Å². The van der Waals surface area contributed by atoms with Crippen molar-refractivity contribution in [1.29, 1.82) is 0 Å². The normalized spacial score (nSPS) is 9.70. The minimum absolute atomic E-state index is 0.0410. The maximum absolute atomic E-state index is 11.9. The molecule has 0 spiro atoms. The highest BCUT2D eigenvalue weighted by atomic mass is 32.1. The molecule has 0 aliphatic rings. The van der Waals surface area contributed by atoms with E-state index in [1.54, 1.807) is 11.4 Å². The van der Waals surface area contributed by atoms with Gasteiger partial charge in [0.1, 0.15) is 0 Å². The van der Waals surface area contributed by atoms with Crippen molar-refractivity contribution in [1.82, 2.24) is 9.59 Å². The largest absolute Gasteiger partial charge is 0.395 e. The molecule has 0 aliphatic heterocycles. The summed E-state index contributed by atoms with van der Waals surface area (Å²) in [5.41, 5.74) is 2.79. The predicted molar refractivity (Wildman–Crippen MR) is 77.6 cm³/mol. The smallest absolute Gasteiger partial charge is 0.277 e. The van der Waals surface area contributed by atoms with Gasteiger partial charge in [0.15, 0.2) is 5.69 Å². The van der Waals surface area contributed by atoms with Crippen LogP contribution in [0.2, 0.25) is 0 Å². The van der Waals surface area contributed by atoms with Crippen LogP contribution in [0, 0.1) is 18.8 Å². The number of aliphatic hydroxyl groups excluding tert-OH is 1. The third-order valence-electron chi connectivity index (χ3n) is 2.55. The van der Waals surface area contributed by atoms with Crippen molar-refractivity contribution >= 4 is 23.1 Å². The van der Waals surface area contributed by atoms with Gasteiger partial charge in [-0.3, -0.25) is 4.79 Å². The Hall–Kier alpha value is -2.23. The number of nitrogens with zero attached hydrogens (tertiary/aromatic N) is 2. The Bertz CT molecular complexity index is 657. The lowest BCUT2D eigenvalue weighted by molar-refractivity contribution is 0.102. The molecule has 0 saturated carbocycles. The number of rotatable bonds is 3. The van der Waals surface area contributed by atoms with Gasteiger partial charge in [-0.25, -0.2) is 0 Å². The number of benzene rings is 1. The van der Waals surface area contributed by atoms with Gasteiger partial charge in [-0.1, -0.05) is 22.4 Å². The van der Waals surface area contributed by atoms with Gasteiger partial charge < -0.3 is 10.4 Å². The van der Waals surface area contributed by atoms with Crippen LogP contribution in [0.25, 0.3) is 0 Å². The van der Waals surface area contributed by atoms with Crippen LogP contribution in [-0.2, 0) is 0 Å². The van der Waals surface area contributed by atoms with Crippen molar-refractivity contribution in [2.24, 2.45) is 0 Å². The van der Waals surface area contributed by atoms with Crippen molar-refractivity contribution < 1.29 is 9.90 Å². The molecule has 2 N–H and O–H groups in total. The lowest BCUT2D eigenvalue weighted by Gasteiger charge is -2.05. The molecule has 6 heteroatoms. The van der Waals surface area contributed by atoms with E-state index in [4.69, 9.17) is 5.11 Å². The topological polar surface area (TPSA) is 75.1 Å².